The standard InChI is InChI=1S/C16H27N3O2S/c1-11(14-10-22-12(2)18-14)17-13-6-8-19(9-7-13)15(20)21-16(3,4)5/h10-11,13,17H,6-9H2,1-5H3. The minimum atomic E-state index is -0.427. The lowest BCUT2D eigenvalue weighted by Crippen LogP contribution is -2.47. The van der Waals surface area contributed by atoms with Crippen molar-refractivity contribution in [1.82, 2.24) is 15.2 Å². The molecule has 0 aliphatic carbocycles. The highest BCUT2D eigenvalue weighted by molar-refractivity contribution is 7.09. The molecule has 2 rings (SSSR count). The summed E-state index contributed by atoms with van der Waals surface area (Å²) >= 11 is 1.68. The van der Waals surface area contributed by atoms with Gasteiger partial charge in [-0.25, -0.2) is 9.78 Å². The Kier molecular flexibility index (Phi) is 5.45. The van der Waals surface area contributed by atoms with Gasteiger partial charge in [-0.1, -0.05) is 0 Å². The molecule has 1 aliphatic rings. The predicted octanol–water partition coefficient (Wildman–Crippen LogP) is 3.50. The number of piperidine rings is 1. The van der Waals surface area contributed by atoms with Gasteiger partial charge in [0.25, 0.3) is 0 Å². The zero-order chi connectivity index (χ0) is 16.3. The molecule has 1 aromatic rings. The number of nitrogens with one attached hydrogen (secondary N) is 1. The Morgan fingerprint density at radius 1 is 1.45 bits per heavy atom. The Labute approximate surface area is 137 Å². The number of hydrogen-bond acceptors (Lipinski definition) is 5. The van der Waals surface area contributed by atoms with Crippen LogP contribution in [0.3, 0.4) is 0 Å². The average molecular weight is 325 g/mol. The van der Waals surface area contributed by atoms with Crippen LogP contribution < -0.4 is 5.32 Å². The molecule has 2 heterocycles. The Hall–Kier alpha value is -1.14. The van der Waals surface area contributed by atoms with Gasteiger partial charge in [-0.3, -0.25) is 0 Å². The van der Waals surface area contributed by atoms with Crippen LogP contribution in [-0.2, 0) is 4.74 Å². The highest BCUT2D eigenvalue weighted by Crippen LogP contribution is 2.20. The Morgan fingerprint density at radius 2 is 2.09 bits per heavy atom. The van der Waals surface area contributed by atoms with Crippen molar-refractivity contribution in [3.8, 4) is 0 Å². The molecular formula is C16H27N3O2S. The number of amides is 1. The van der Waals surface area contributed by atoms with Gasteiger partial charge >= 0.3 is 6.09 Å². The quantitative estimate of drug-likeness (QED) is 0.924. The first-order chi connectivity index (χ1) is 10.2. The van der Waals surface area contributed by atoms with Crippen LogP contribution in [0, 0.1) is 6.92 Å². The number of hydrogen-bond donors (Lipinski definition) is 1. The van der Waals surface area contributed by atoms with Crippen molar-refractivity contribution in [3.05, 3.63) is 16.1 Å². The third-order valence-electron chi connectivity index (χ3n) is 3.71. The molecule has 1 N–H and O–H groups in total. The average Bonchev–Trinajstić information content (AvgIpc) is 2.84. The number of thiazole rings is 1. The summed E-state index contributed by atoms with van der Waals surface area (Å²) < 4.78 is 5.42. The van der Waals surface area contributed by atoms with Gasteiger partial charge in [-0.15, -0.1) is 11.3 Å². The van der Waals surface area contributed by atoms with Gasteiger partial charge in [0.2, 0.25) is 0 Å². The van der Waals surface area contributed by atoms with Crippen LogP contribution in [0.1, 0.15) is 57.3 Å². The summed E-state index contributed by atoms with van der Waals surface area (Å²) in [6, 6.07) is 0.679. The summed E-state index contributed by atoms with van der Waals surface area (Å²) in [4.78, 5) is 18.4. The second-order valence-electron chi connectivity index (χ2n) is 6.92. The summed E-state index contributed by atoms with van der Waals surface area (Å²) in [7, 11) is 0. The molecule has 1 atom stereocenters. The fourth-order valence-corrected chi connectivity index (χ4v) is 3.28. The SMILES string of the molecule is Cc1nc(C(C)NC2CCN(C(=O)OC(C)(C)C)CC2)cs1. The molecule has 1 fully saturated rings. The minimum absolute atomic E-state index is 0.200. The smallest absolute Gasteiger partial charge is 0.410 e. The maximum atomic E-state index is 12.0. The molecule has 1 aromatic heterocycles. The highest BCUT2D eigenvalue weighted by atomic mass is 32.1. The first-order valence-electron chi connectivity index (χ1n) is 7.90. The van der Waals surface area contributed by atoms with E-state index in [9.17, 15) is 4.79 Å². The van der Waals surface area contributed by atoms with Crippen molar-refractivity contribution in [2.75, 3.05) is 13.1 Å². The molecule has 0 spiro atoms. The molecule has 1 aliphatic heterocycles. The Morgan fingerprint density at radius 3 is 2.59 bits per heavy atom. The van der Waals surface area contributed by atoms with Crippen LogP contribution in [-0.4, -0.2) is 40.7 Å². The fourth-order valence-electron chi connectivity index (χ4n) is 2.57. The fraction of sp³-hybridized carbons (Fsp3) is 0.750. The third kappa shape index (κ3) is 4.95. The molecule has 22 heavy (non-hydrogen) atoms. The van der Waals surface area contributed by atoms with Gasteiger partial charge in [0.05, 0.1) is 10.7 Å². The van der Waals surface area contributed by atoms with Gasteiger partial charge in [0, 0.05) is 30.6 Å². The molecule has 5 nitrogen and oxygen atoms in total. The van der Waals surface area contributed by atoms with Gasteiger partial charge in [0.1, 0.15) is 5.60 Å². The van der Waals surface area contributed by atoms with E-state index in [1.807, 2.05) is 27.7 Å². The summed E-state index contributed by atoms with van der Waals surface area (Å²) in [5.41, 5.74) is 0.681. The van der Waals surface area contributed by atoms with Crippen molar-refractivity contribution in [2.24, 2.45) is 0 Å². The second-order valence-corrected chi connectivity index (χ2v) is 7.98. The zero-order valence-electron chi connectivity index (χ0n) is 14.2. The van der Waals surface area contributed by atoms with E-state index in [2.05, 4.69) is 22.6 Å². The molecule has 0 aromatic carbocycles. The summed E-state index contributed by atoms with van der Waals surface area (Å²) in [6.07, 6.45) is 1.70. The van der Waals surface area contributed by atoms with Crippen molar-refractivity contribution in [3.63, 3.8) is 0 Å². The van der Waals surface area contributed by atoms with Crippen molar-refractivity contribution < 1.29 is 9.53 Å². The summed E-state index contributed by atoms with van der Waals surface area (Å²) in [6.45, 7) is 11.4. The maximum absolute atomic E-state index is 12.0. The largest absolute Gasteiger partial charge is 0.444 e. The molecule has 1 saturated heterocycles. The van der Waals surface area contributed by atoms with Gasteiger partial charge < -0.3 is 15.0 Å². The summed E-state index contributed by atoms with van der Waals surface area (Å²) in [5, 5.41) is 6.84. The lowest BCUT2D eigenvalue weighted by Gasteiger charge is -2.34. The predicted molar refractivity (Wildman–Crippen MR) is 89.2 cm³/mol. The van der Waals surface area contributed by atoms with E-state index in [1.165, 1.54) is 0 Å². The van der Waals surface area contributed by atoms with E-state index in [4.69, 9.17) is 4.74 Å². The number of likely N-dealkylation sites (tertiary alicyclic amines) is 1. The first kappa shape index (κ1) is 17.2. The zero-order valence-corrected chi connectivity index (χ0v) is 15.0. The van der Waals surface area contributed by atoms with Crippen LogP contribution in [0.25, 0.3) is 0 Å². The van der Waals surface area contributed by atoms with Crippen molar-refractivity contribution in [1.29, 1.82) is 0 Å². The maximum Gasteiger partial charge on any atom is 0.410 e. The van der Waals surface area contributed by atoms with Crippen molar-refractivity contribution >= 4 is 17.4 Å². The molecule has 6 heteroatoms. The van der Waals surface area contributed by atoms with E-state index in [0.717, 1.165) is 36.6 Å². The lowest BCUT2D eigenvalue weighted by atomic mass is 10.0. The van der Waals surface area contributed by atoms with Gasteiger partial charge in [-0.2, -0.15) is 0 Å². The third-order valence-corrected chi connectivity index (χ3v) is 4.50. The molecular weight excluding hydrogens is 298 g/mol. The number of nitrogens with zero attached hydrogens (tertiary/aromatic N) is 2. The number of carbonyl (C=O) groups is 1. The van der Waals surface area contributed by atoms with E-state index < -0.39 is 5.60 Å². The first-order valence-corrected chi connectivity index (χ1v) is 8.78. The highest BCUT2D eigenvalue weighted by Gasteiger charge is 2.27. The Bertz CT molecular complexity index is 502. The van der Waals surface area contributed by atoms with Crippen LogP contribution in [0.4, 0.5) is 4.79 Å². The molecule has 0 radical (unpaired) electrons. The number of carbonyl (C=O) groups excluding carboxylic acids is 1. The van der Waals surface area contributed by atoms with Gasteiger partial charge in [-0.05, 0) is 47.5 Å². The summed E-state index contributed by atoms with van der Waals surface area (Å²) in [5.74, 6) is 0. The number of aryl methyl sites for hydroxylation is 1. The number of aromatic nitrogens is 1. The molecule has 1 unspecified atom stereocenters. The van der Waals surface area contributed by atoms with Crippen LogP contribution in [0.15, 0.2) is 5.38 Å². The topological polar surface area (TPSA) is 54.5 Å². The second kappa shape index (κ2) is 6.96. The van der Waals surface area contributed by atoms with E-state index >= 15 is 0 Å². The Balaban J connectivity index is 1.78. The monoisotopic (exact) mass is 325 g/mol. The normalized spacial score (nSPS) is 18.3. The molecule has 124 valence electrons. The number of rotatable bonds is 3. The molecule has 0 bridgehead atoms. The van der Waals surface area contributed by atoms with Crippen LogP contribution in [0.5, 0.6) is 0 Å². The van der Waals surface area contributed by atoms with E-state index in [1.54, 1.807) is 16.2 Å². The van der Waals surface area contributed by atoms with Gasteiger partial charge in [0.15, 0.2) is 0 Å². The van der Waals surface area contributed by atoms with E-state index in [-0.39, 0.29) is 12.1 Å². The van der Waals surface area contributed by atoms with E-state index in [0.29, 0.717) is 6.04 Å². The lowest BCUT2D eigenvalue weighted by molar-refractivity contribution is 0.0196. The van der Waals surface area contributed by atoms with Crippen LogP contribution in [0.2, 0.25) is 0 Å². The number of ether oxygens (including phenoxy) is 1. The van der Waals surface area contributed by atoms with Crippen LogP contribution >= 0.6 is 11.3 Å². The molecule has 1 amide bonds. The molecule has 0 saturated carbocycles. The van der Waals surface area contributed by atoms with Crippen molar-refractivity contribution in [2.45, 2.75) is 65.1 Å². The minimum Gasteiger partial charge on any atom is -0.444 e.